The van der Waals surface area contributed by atoms with Gasteiger partial charge in [0.15, 0.2) is 0 Å². The summed E-state index contributed by atoms with van der Waals surface area (Å²) >= 11 is 5.61. The lowest BCUT2D eigenvalue weighted by Gasteiger charge is -2.05. The molecule has 0 bridgehead atoms. The molecule has 5 heteroatoms. The molecule has 0 saturated carbocycles. The van der Waals surface area contributed by atoms with Crippen LogP contribution in [0, 0.1) is 13.8 Å². The molecule has 0 saturated heterocycles. The third-order valence-electron chi connectivity index (χ3n) is 2.90. The maximum absolute atomic E-state index is 5.63. The lowest BCUT2D eigenvalue weighted by Crippen LogP contribution is -1.96. The quantitative estimate of drug-likeness (QED) is 0.556. The summed E-state index contributed by atoms with van der Waals surface area (Å²) in [6.07, 6.45) is 0. The van der Waals surface area contributed by atoms with E-state index < -0.39 is 0 Å². The van der Waals surface area contributed by atoms with Crippen LogP contribution in [0.15, 0.2) is 30.3 Å². The van der Waals surface area contributed by atoms with Crippen LogP contribution in [-0.2, 0) is 0 Å². The Morgan fingerprint density at radius 2 is 1.16 bits per heavy atom. The van der Waals surface area contributed by atoms with Gasteiger partial charge in [0.25, 0.3) is 0 Å². The second-order valence-corrected chi connectivity index (χ2v) is 4.68. The molecule has 19 heavy (non-hydrogen) atoms. The fourth-order valence-corrected chi connectivity index (χ4v) is 1.59. The minimum Gasteiger partial charge on any atom is -0.399 e. The van der Waals surface area contributed by atoms with Crippen LogP contribution in [0.1, 0.15) is 11.1 Å². The van der Waals surface area contributed by atoms with Crippen molar-refractivity contribution in [1.82, 2.24) is 0 Å². The van der Waals surface area contributed by atoms with Crippen LogP contribution in [0.2, 0.25) is 5.02 Å². The second-order valence-electron chi connectivity index (χ2n) is 4.27. The Morgan fingerprint density at radius 3 is 1.53 bits per heavy atom. The summed E-state index contributed by atoms with van der Waals surface area (Å²) in [4.78, 5) is 0. The van der Waals surface area contributed by atoms with Crippen molar-refractivity contribution in [3.05, 3.63) is 46.5 Å². The highest BCUT2D eigenvalue weighted by Crippen LogP contribution is 2.20. The van der Waals surface area contributed by atoms with Crippen molar-refractivity contribution in [3.63, 3.8) is 0 Å². The summed E-state index contributed by atoms with van der Waals surface area (Å²) in [5, 5.41) is 0.509. The van der Waals surface area contributed by atoms with E-state index in [-0.39, 0.29) is 0 Å². The second kappa shape index (κ2) is 6.20. The van der Waals surface area contributed by atoms with E-state index in [0.717, 1.165) is 22.5 Å². The van der Waals surface area contributed by atoms with E-state index in [1.165, 1.54) is 0 Å². The topological polar surface area (TPSA) is 104 Å². The van der Waals surface area contributed by atoms with Crippen LogP contribution in [0.4, 0.5) is 22.7 Å². The Morgan fingerprint density at radius 1 is 0.737 bits per heavy atom. The third-order valence-corrected chi connectivity index (χ3v) is 3.22. The van der Waals surface area contributed by atoms with Crippen molar-refractivity contribution in [2.24, 2.45) is 0 Å². The molecule has 0 spiro atoms. The van der Waals surface area contributed by atoms with Crippen molar-refractivity contribution in [3.8, 4) is 0 Å². The molecule has 0 fully saturated rings. The highest BCUT2D eigenvalue weighted by atomic mass is 35.5. The molecule has 0 radical (unpaired) electrons. The fourth-order valence-electron chi connectivity index (χ4n) is 1.41. The van der Waals surface area contributed by atoms with Gasteiger partial charge in [-0.2, -0.15) is 0 Å². The maximum atomic E-state index is 5.63. The number of hydrogen-bond donors (Lipinski definition) is 4. The first-order valence-electron chi connectivity index (χ1n) is 5.74. The summed E-state index contributed by atoms with van der Waals surface area (Å²) < 4.78 is 0. The van der Waals surface area contributed by atoms with E-state index in [9.17, 15) is 0 Å². The van der Waals surface area contributed by atoms with E-state index in [2.05, 4.69) is 0 Å². The monoisotopic (exact) mass is 278 g/mol. The predicted molar refractivity (Wildman–Crippen MR) is 85.0 cm³/mol. The van der Waals surface area contributed by atoms with Gasteiger partial charge in [-0.15, -0.1) is 0 Å². The highest BCUT2D eigenvalue weighted by Gasteiger charge is 1.99. The first-order chi connectivity index (χ1) is 8.82. The van der Waals surface area contributed by atoms with Crippen molar-refractivity contribution < 1.29 is 0 Å². The number of rotatable bonds is 0. The Bertz CT molecular complexity index is 555. The van der Waals surface area contributed by atoms with Gasteiger partial charge >= 0.3 is 0 Å². The number of nitrogen functional groups attached to an aromatic ring is 4. The lowest BCUT2D eigenvalue weighted by atomic mass is 10.1. The Balaban J connectivity index is 0.000000191. The fraction of sp³-hybridized carbons (Fsp3) is 0.143. The first kappa shape index (κ1) is 15.0. The zero-order valence-electron chi connectivity index (χ0n) is 11.1. The van der Waals surface area contributed by atoms with Crippen LogP contribution in [0.3, 0.4) is 0 Å². The summed E-state index contributed by atoms with van der Waals surface area (Å²) in [5.74, 6) is 0. The molecular weight excluding hydrogens is 260 g/mol. The van der Waals surface area contributed by atoms with E-state index in [4.69, 9.17) is 34.5 Å². The number of nitrogens with two attached hydrogens (primary N) is 4. The molecule has 8 N–H and O–H groups in total. The number of hydrogen-bond acceptors (Lipinski definition) is 4. The molecule has 2 aromatic rings. The average molecular weight is 279 g/mol. The number of benzene rings is 2. The van der Waals surface area contributed by atoms with E-state index >= 15 is 0 Å². The van der Waals surface area contributed by atoms with Gasteiger partial charge in [0, 0.05) is 17.1 Å². The number of halogens is 1. The first-order valence-corrected chi connectivity index (χ1v) is 6.12. The van der Waals surface area contributed by atoms with Gasteiger partial charge in [0.05, 0.1) is 10.7 Å². The van der Waals surface area contributed by atoms with E-state index in [0.29, 0.717) is 16.4 Å². The van der Waals surface area contributed by atoms with Crippen LogP contribution in [0.5, 0.6) is 0 Å². The van der Waals surface area contributed by atoms with Gasteiger partial charge in [0.2, 0.25) is 0 Å². The van der Waals surface area contributed by atoms with Crippen molar-refractivity contribution >= 4 is 34.4 Å². The molecule has 4 nitrogen and oxygen atoms in total. The summed E-state index contributed by atoms with van der Waals surface area (Å²) in [7, 11) is 0. The van der Waals surface area contributed by atoms with Gasteiger partial charge in [-0.25, -0.2) is 0 Å². The molecular formula is C14H19ClN4. The Labute approximate surface area is 118 Å². The molecule has 0 atom stereocenters. The molecule has 0 heterocycles. The molecule has 102 valence electrons. The molecule has 0 unspecified atom stereocenters. The standard InChI is InChI=1S/C8H12N2.C6H7ClN2/c1-5-6(2)8(10)4-3-7(5)9;7-5-3-4(8)1-2-6(5)9/h3-4H,9-10H2,1-2H3;1-3H,8-9H2. The van der Waals surface area contributed by atoms with Crippen LogP contribution >= 0.6 is 11.6 Å². The maximum Gasteiger partial charge on any atom is 0.0655 e. The minimum atomic E-state index is 0.509. The van der Waals surface area contributed by atoms with Gasteiger partial charge < -0.3 is 22.9 Å². The minimum absolute atomic E-state index is 0.509. The lowest BCUT2D eigenvalue weighted by molar-refractivity contribution is 1.35. The summed E-state index contributed by atoms with van der Waals surface area (Å²) in [5.41, 5.74) is 27.0. The normalized spacial score (nSPS) is 9.63. The average Bonchev–Trinajstić information content (AvgIpc) is 2.37. The number of anilines is 4. The van der Waals surface area contributed by atoms with Crippen molar-refractivity contribution in [2.45, 2.75) is 13.8 Å². The van der Waals surface area contributed by atoms with Gasteiger partial charge in [-0.3, -0.25) is 0 Å². The zero-order valence-corrected chi connectivity index (χ0v) is 11.8. The van der Waals surface area contributed by atoms with E-state index in [1.54, 1.807) is 18.2 Å². The van der Waals surface area contributed by atoms with E-state index in [1.807, 2.05) is 26.0 Å². The highest BCUT2D eigenvalue weighted by molar-refractivity contribution is 6.33. The summed E-state index contributed by atoms with van der Waals surface area (Å²) in [6, 6.07) is 8.67. The molecule has 0 aliphatic heterocycles. The van der Waals surface area contributed by atoms with Crippen molar-refractivity contribution in [2.75, 3.05) is 22.9 Å². The molecule has 0 aromatic heterocycles. The molecule has 0 aliphatic carbocycles. The van der Waals surface area contributed by atoms with Crippen molar-refractivity contribution in [1.29, 1.82) is 0 Å². The third kappa shape index (κ3) is 3.96. The van der Waals surface area contributed by atoms with Crippen LogP contribution in [-0.4, -0.2) is 0 Å². The SMILES string of the molecule is Cc1c(N)ccc(N)c1C.Nc1ccc(N)c(Cl)c1. The summed E-state index contributed by atoms with van der Waals surface area (Å²) in [6.45, 7) is 3.95. The molecule has 0 amide bonds. The zero-order chi connectivity index (χ0) is 14.6. The smallest absolute Gasteiger partial charge is 0.0655 e. The van der Waals surface area contributed by atoms with Crippen LogP contribution in [0.25, 0.3) is 0 Å². The van der Waals surface area contributed by atoms with Crippen LogP contribution < -0.4 is 22.9 Å². The van der Waals surface area contributed by atoms with Gasteiger partial charge in [-0.05, 0) is 55.3 Å². The molecule has 0 aliphatic rings. The predicted octanol–water partition coefficient (Wildman–Crippen LogP) is 2.97. The Hall–Kier alpha value is -2.07. The van der Waals surface area contributed by atoms with Gasteiger partial charge in [0.1, 0.15) is 0 Å². The Kier molecular flexibility index (Phi) is 4.89. The van der Waals surface area contributed by atoms with Gasteiger partial charge in [-0.1, -0.05) is 11.6 Å². The molecule has 2 rings (SSSR count). The molecule has 2 aromatic carbocycles. The largest absolute Gasteiger partial charge is 0.399 e.